The second-order valence-electron chi connectivity index (χ2n) is 4.08. The number of halogens is 1. The van der Waals surface area contributed by atoms with E-state index in [0.717, 1.165) is 5.56 Å². The number of benzene rings is 1. The second-order valence-corrected chi connectivity index (χ2v) is 4.08. The molecular weight excluding hydrogens is 249 g/mol. The highest BCUT2D eigenvalue weighted by Gasteiger charge is 2.09. The number of pyridine rings is 1. The molecule has 0 aliphatic carbocycles. The Bertz CT molecular complexity index is 587. The van der Waals surface area contributed by atoms with Crippen LogP contribution in [0.5, 0.6) is 0 Å². The van der Waals surface area contributed by atoms with Gasteiger partial charge in [-0.2, -0.15) is 0 Å². The second kappa shape index (κ2) is 5.43. The topological polar surface area (TPSA) is 68.1 Å². The van der Waals surface area contributed by atoms with Gasteiger partial charge in [-0.3, -0.25) is 10.1 Å². The van der Waals surface area contributed by atoms with Gasteiger partial charge in [-0.15, -0.1) is 0 Å². The molecule has 6 heteroatoms. The number of hydrogen-bond acceptors (Lipinski definition) is 4. The molecule has 0 fully saturated rings. The van der Waals surface area contributed by atoms with Crippen LogP contribution in [0.15, 0.2) is 42.6 Å². The maximum atomic E-state index is 13.1. The highest BCUT2D eigenvalue weighted by atomic mass is 19.1. The first-order valence-electron chi connectivity index (χ1n) is 5.68. The molecule has 2 aromatic rings. The zero-order valence-corrected chi connectivity index (χ0v) is 10.2. The van der Waals surface area contributed by atoms with E-state index in [-0.39, 0.29) is 17.5 Å². The van der Waals surface area contributed by atoms with E-state index in [2.05, 4.69) is 10.3 Å². The zero-order chi connectivity index (χ0) is 13.8. The number of aromatic nitrogens is 1. The predicted octanol–water partition coefficient (Wildman–Crippen LogP) is 3.30. The van der Waals surface area contributed by atoms with Crippen molar-refractivity contribution in [1.82, 2.24) is 4.98 Å². The van der Waals surface area contributed by atoms with E-state index >= 15 is 0 Å². The summed E-state index contributed by atoms with van der Waals surface area (Å²) in [4.78, 5) is 13.9. The minimum atomic E-state index is -0.507. The highest BCUT2D eigenvalue weighted by Crippen LogP contribution is 2.19. The quantitative estimate of drug-likeness (QED) is 0.677. The Hall–Kier alpha value is -2.50. The molecule has 0 aliphatic rings. The van der Waals surface area contributed by atoms with Crippen molar-refractivity contribution in [2.75, 3.05) is 5.32 Å². The summed E-state index contributed by atoms with van der Waals surface area (Å²) in [5.41, 5.74) is 0.712. The molecule has 1 aromatic carbocycles. The van der Waals surface area contributed by atoms with Gasteiger partial charge in [0.2, 0.25) is 0 Å². The molecule has 0 saturated heterocycles. The van der Waals surface area contributed by atoms with Crippen LogP contribution < -0.4 is 5.32 Å². The van der Waals surface area contributed by atoms with E-state index in [9.17, 15) is 14.5 Å². The smallest absolute Gasteiger partial charge is 0.287 e. The number of anilines is 1. The molecule has 1 heterocycles. The van der Waals surface area contributed by atoms with Crippen LogP contribution in [0, 0.1) is 15.9 Å². The van der Waals surface area contributed by atoms with Crippen molar-refractivity contribution < 1.29 is 9.31 Å². The van der Waals surface area contributed by atoms with Crippen LogP contribution in [0.25, 0.3) is 0 Å². The third-order valence-electron chi connectivity index (χ3n) is 2.67. The fourth-order valence-corrected chi connectivity index (χ4v) is 1.66. The Balaban J connectivity index is 2.10. The standard InChI is InChI=1S/C13H12FN3O2/c1-9(10-3-2-4-11(14)7-10)16-13-6-5-12(8-15-13)17(18)19/h2-9H,1H3,(H,15,16)/t9-/m1/s1. The van der Waals surface area contributed by atoms with E-state index in [1.165, 1.54) is 30.5 Å². The summed E-state index contributed by atoms with van der Waals surface area (Å²) in [5, 5.41) is 13.5. The Kier molecular flexibility index (Phi) is 3.70. The van der Waals surface area contributed by atoms with Crippen molar-refractivity contribution in [2.45, 2.75) is 13.0 Å². The molecule has 1 atom stereocenters. The van der Waals surface area contributed by atoms with Crippen LogP contribution in [0.4, 0.5) is 15.9 Å². The minimum absolute atomic E-state index is 0.0658. The molecule has 0 saturated carbocycles. The molecule has 0 bridgehead atoms. The molecule has 0 spiro atoms. The summed E-state index contributed by atoms with van der Waals surface area (Å²) in [6.45, 7) is 1.86. The first-order chi connectivity index (χ1) is 9.06. The maximum absolute atomic E-state index is 13.1. The van der Waals surface area contributed by atoms with Gasteiger partial charge < -0.3 is 5.32 Å². The molecule has 19 heavy (non-hydrogen) atoms. The fourth-order valence-electron chi connectivity index (χ4n) is 1.66. The number of nitrogens with zero attached hydrogens (tertiary/aromatic N) is 2. The number of nitrogens with one attached hydrogen (secondary N) is 1. The monoisotopic (exact) mass is 261 g/mol. The lowest BCUT2D eigenvalue weighted by atomic mass is 10.1. The van der Waals surface area contributed by atoms with E-state index in [1.54, 1.807) is 12.1 Å². The largest absolute Gasteiger partial charge is 0.364 e. The van der Waals surface area contributed by atoms with Crippen LogP contribution in [-0.2, 0) is 0 Å². The Morgan fingerprint density at radius 1 is 1.37 bits per heavy atom. The lowest BCUT2D eigenvalue weighted by Crippen LogP contribution is -2.08. The summed E-state index contributed by atoms with van der Waals surface area (Å²) >= 11 is 0. The summed E-state index contributed by atoms with van der Waals surface area (Å²) in [6.07, 6.45) is 1.18. The Morgan fingerprint density at radius 2 is 2.16 bits per heavy atom. The van der Waals surface area contributed by atoms with Crippen LogP contribution >= 0.6 is 0 Å². The molecule has 1 N–H and O–H groups in total. The van der Waals surface area contributed by atoms with Gasteiger partial charge in [0.1, 0.15) is 17.8 Å². The predicted molar refractivity (Wildman–Crippen MR) is 69.3 cm³/mol. The number of rotatable bonds is 4. The van der Waals surface area contributed by atoms with Crippen LogP contribution in [0.1, 0.15) is 18.5 Å². The Morgan fingerprint density at radius 3 is 2.74 bits per heavy atom. The van der Waals surface area contributed by atoms with Crippen LogP contribution in [0.2, 0.25) is 0 Å². The van der Waals surface area contributed by atoms with Crippen LogP contribution in [-0.4, -0.2) is 9.91 Å². The third-order valence-corrected chi connectivity index (χ3v) is 2.67. The molecule has 0 unspecified atom stereocenters. The van der Waals surface area contributed by atoms with Crippen molar-refractivity contribution in [3.05, 3.63) is 64.1 Å². The first-order valence-corrected chi connectivity index (χ1v) is 5.68. The fraction of sp³-hybridized carbons (Fsp3) is 0.154. The molecule has 2 rings (SSSR count). The average molecular weight is 261 g/mol. The molecule has 0 amide bonds. The van der Waals surface area contributed by atoms with Gasteiger partial charge in [0, 0.05) is 6.07 Å². The van der Waals surface area contributed by atoms with Gasteiger partial charge in [-0.05, 0) is 30.7 Å². The summed E-state index contributed by atoms with van der Waals surface area (Å²) in [7, 11) is 0. The minimum Gasteiger partial charge on any atom is -0.364 e. The molecule has 1 aromatic heterocycles. The van der Waals surface area contributed by atoms with Crippen molar-refractivity contribution in [2.24, 2.45) is 0 Å². The van der Waals surface area contributed by atoms with Gasteiger partial charge in [-0.1, -0.05) is 12.1 Å². The zero-order valence-electron chi connectivity index (χ0n) is 10.2. The van der Waals surface area contributed by atoms with Gasteiger partial charge >= 0.3 is 0 Å². The number of hydrogen-bond donors (Lipinski definition) is 1. The van der Waals surface area contributed by atoms with E-state index in [0.29, 0.717) is 5.82 Å². The lowest BCUT2D eigenvalue weighted by molar-refractivity contribution is -0.385. The highest BCUT2D eigenvalue weighted by molar-refractivity contribution is 5.42. The third kappa shape index (κ3) is 3.25. The van der Waals surface area contributed by atoms with Gasteiger partial charge in [0.25, 0.3) is 5.69 Å². The average Bonchev–Trinajstić information content (AvgIpc) is 2.39. The summed E-state index contributed by atoms with van der Waals surface area (Å²) < 4.78 is 13.1. The summed E-state index contributed by atoms with van der Waals surface area (Å²) in [5.74, 6) is 0.199. The molecule has 0 aliphatic heterocycles. The van der Waals surface area contributed by atoms with E-state index in [4.69, 9.17) is 0 Å². The lowest BCUT2D eigenvalue weighted by Gasteiger charge is -2.14. The Labute approximate surface area is 109 Å². The van der Waals surface area contributed by atoms with Gasteiger partial charge in [-0.25, -0.2) is 9.37 Å². The van der Waals surface area contributed by atoms with Gasteiger partial charge in [0.05, 0.1) is 11.0 Å². The van der Waals surface area contributed by atoms with Crippen molar-refractivity contribution in [3.8, 4) is 0 Å². The maximum Gasteiger partial charge on any atom is 0.287 e. The first kappa shape index (κ1) is 12.9. The van der Waals surface area contributed by atoms with Crippen molar-refractivity contribution in [3.63, 3.8) is 0 Å². The number of nitro groups is 1. The molecule has 5 nitrogen and oxygen atoms in total. The summed E-state index contributed by atoms with van der Waals surface area (Å²) in [6, 6.07) is 8.98. The SMILES string of the molecule is C[C@@H](Nc1ccc([N+](=O)[O-])cn1)c1cccc(F)c1. The molecular formula is C13H12FN3O2. The molecule has 0 radical (unpaired) electrons. The molecule has 98 valence electrons. The van der Waals surface area contributed by atoms with E-state index in [1.807, 2.05) is 6.92 Å². The van der Waals surface area contributed by atoms with Crippen LogP contribution in [0.3, 0.4) is 0 Å². The van der Waals surface area contributed by atoms with Crippen molar-refractivity contribution in [1.29, 1.82) is 0 Å². The van der Waals surface area contributed by atoms with E-state index < -0.39 is 4.92 Å². The van der Waals surface area contributed by atoms with Crippen molar-refractivity contribution >= 4 is 11.5 Å². The van der Waals surface area contributed by atoms with Gasteiger partial charge in [0.15, 0.2) is 0 Å². The normalized spacial score (nSPS) is 11.9.